The van der Waals surface area contributed by atoms with Crippen molar-refractivity contribution in [3.05, 3.63) is 121 Å². The molecule has 0 atom stereocenters. The van der Waals surface area contributed by atoms with Gasteiger partial charge in [-0.1, -0.05) is 0 Å². The number of fused-ring (bicyclic) bond motifs is 7. The van der Waals surface area contributed by atoms with Crippen molar-refractivity contribution in [2.45, 2.75) is 0 Å². The summed E-state index contributed by atoms with van der Waals surface area (Å²) in [6.07, 6.45) is 0. The third-order valence-electron chi connectivity index (χ3n) is 7.07. The fourth-order valence-corrected chi connectivity index (χ4v) is 7.99. The molecule has 0 bridgehead atoms. The van der Waals surface area contributed by atoms with Gasteiger partial charge in [0, 0.05) is 0 Å². The monoisotopic (exact) mass is 552 g/mol. The topological polar surface area (TPSA) is 43.6 Å². The minimum absolute atomic E-state index is 0.240. The van der Waals surface area contributed by atoms with Crippen molar-refractivity contribution < 1.29 is 0 Å². The van der Waals surface area contributed by atoms with Crippen molar-refractivity contribution in [1.82, 2.24) is 19.5 Å². The van der Waals surface area contributed by atoms with Gasteiger partial charge in [-0.3, -0.25) is 0 Å². The van der Waals surface area contributed by atoms with E-state index in [2.05, 4.69) is 65.2 Å². The normalized spacial score (nSPS) is 11.7. The maximum atomic E-state index is 5.05. The third-order valence-corrected chi connectivity index (χ3v) is 9.59. The molecule has 3 aromatic heterocycles. The van der Waals surface area contributed by atoms with E-state index in [1.165, 1.54) is 30.1 Å². The summed E-state index contributed by atoms with van der Waals surface area (Å²) >= 11 is 0.240. The van der Waals surface area contributed by atoms with E-state index in [1.54, 1.807) is 0 Å². The molecule has 0 amide bonds. The molecule has 8 rings (SSSR count). The van der Waals surface area contributed by atoms with Gasteiger partial charge in [0.15, 0.2) is 0 Å². The molecular formula is C33H20N4Se. The van der Waals surface area contributed by atoms with E-state index in [9.17, 15) is 0 Å². The Labute approximate surface area is 224 Å². The molecule has 5 heteroatoms. The molecular weight excluding hydrogens is 531 g/mol. The molecule has 4 nitrogen and oxygen atoms in total. The van der Waals surface area contributed by atoms with Gasteiger partial charge >= 0.3 is 225 Å². The molecule has 8 aromatic rings. The van der Waals surface area contributed by atoms with Crippen LogP contribution in [0.2, 0.25) is 0 Å². The first-order valence-electron chi connectivity index (χ1n) is 12.6. The zero-order chi connectivity index (χ0) is 25.1. The van der Waals surface area contributed by atoms with E-state index < -0.39 is 0 Å². The van der Waals surface area contributed by atoms with Gasteiger partial charge in [0.25, 0.3) is 0 Å². The van der Waals surface area contributed by atoms with Crippen LogP contribution in [0.25, 0.3) is 69.8 Å². The second-order valence-electron chi connectivity index (χ2n) is 9.30. The van der Waals surface area contributed by atoms with Gasteiger partial charge in [0.2, 0.25) is 0 Å². The van der Waals surface area contributed by atoms with E-state index in [4.69, 9.17) is 15.0 Å². The minimum atomic E-state index is 0.240. The third kappa shape index (κ3) is 3.26. The summed E-state index contributed by atoms with van der Waals surface area (Å²) in [6, 6.07) is 42.2. The molecule has 0 fully saturated rings. The van der Waals surface area contributed by atoms with Gasteiger partial charge < -0.3 is 0 Å². The molecule has 178 valence electrons. The van der Waals surface area contributed by atoms with Gasteiger partial charge in [-0.05, 0) is 0 Å². The number of para-hydroxylation sites is 1. The first kappa shape index (κ1) is 21.5. The van der Waals surface area contributed by atoms with Crippen LogP contribution in [-0.4, -0.2) is 34.0 Å². The van der Waals surface area contributed by atoms with Crippen molar-refractivity contribution in [3.63, 3.8) is 0 Å². The van der Waals surface area contributed by atoms with Crippen LogP contribution in [0, 0.1) is 0 Å². The van der Waals surface area contributed by atoms with Crippen LogP contribution in [0.4, 0.5) is 0 Å². The average Bonchev–Trinajstić information content (AvgIpc) is 3.53. The molecule has 0 aliphatic rings. The van der Waals surface area contributed by atoms with Crippen molar-refractivity contribution in [3.8, 4) is 28.7 Å². The molecule has 0 saturated heterocycles. The molecule has 0 unspecified atom stereocenters. The van der Waals surface area contributed by atoms with E-state index in [0.29, 0.717) is 17.6 Å². The Morgan fingerprint density at radius 3 is 1.79 bits per heavy atom. The molecule has 0 radical (unpaired) electrons. The fourth-order valence-electron chi connectivity index (χ4n) is 5.35. The summed E-state index contributed by atoms with van der Waals surface area (Å²) in [4.78, 5) is 15.0. The first-order valence-corrected chi connectivity index (χ1v) is 14.3. The van der Waals surface area contributed by atoms with E-state index in [-0.39, 0.29) is 14.5 Å². The Kier molecular flexibility index (Phi) is 4.80. The van der Waals surface area contributed by atoms with Crippen LogP contribution in [0.5, 0.6) is 0 Å². The first-order chi connectivity index (χ1) is 18.8. The van der Waals surface area contributed by atoms with Crippen molar-refractivity contribution >= 4 is 55.6 Å². The van der Waals surface area contributed by atoms with Crippen LogP contribution >= 0.6 is 0 Å². The molecule has 0 N–H and O–H groups in total. The van der Waals surface area contributed by atoms with E-state index >= 15 is 0 Å². The van der Waals surface area contributed by atoms with Crippen LogP contribution < -0.4 is 0 Å². The van der Waals surface area contributed by atoms with Crippen LogP contribution in [0.1, 0.15) is 0 Å². The Hall–Kier alpha value is -4.57. The quantitative estimate of drug-likeness (QED) is 0.212. The summed E-state index contributed by atoms with van der Waals surface area (Å²) in [5, 5.41) is 5.25. The van der Waals surface area contributed by atoms with E-state index in [1.807, 2.05) is 60.7 Å². The number of nitrogens with zero attached hydrogens (tertiary/aromatic N) is 4. The zero-order valence-corrected chi connectivity index (χ0v) is 22.0. The fraction of sp³-hybridized carbons (Fsp3) is 0. The number of aromatic nitrogens is 4. The van der Waals surface area contributed by atoms with Gasteiger partial charge in [0.05, 0.1) is 0 Å². The number of hydrogen-bond donors (Lipinski definition) is 0. The van der Waals surface area contributed by atoms with Crippen molar-refractivity contribution in [2.24, 2.45) is 0 Å². The summed E-state index contributed by atoms with van der Waals surface area (Å²) in [7, 11) is 0. The Balaban J connectivity index is 1.49. The summed E-state index contributed by atoms with van der Waals surface area (Å²) in [5.74, 6) is 1.96. The van der Waals surface area contributed by atoms with Crippen LogP contribution in [0.3, 0.4) is 0 Å². The SMILES string of the molecule is c1ccc(-c2nc(-c3ccccc3)nc(-n3c4ccccc4c4c5[se]c6ccccc6c5ccc43)n2)cc1. The number of benzene rings is 5. The second-order valence-corrected chi connectivity index (χ2v) is 11.5. The Morgan fingerprint density at radius 2 is 1.08 bits per heavy atom. The number of hydrogen-bond acceptors (Lipinski definition) is 3. The molecule has 3 heterocycles. The Bertz CT molecular complexity index is 2070. The zero-order valence-electron chi connectivity index (χ0n) is 20.2. The molecule has 0 aliphatic heterocycles. The van der Waals surface area contributed by atoms with Gasteiger partial charge in [-0.2, -0.15) is 0 Å². The molecule has 0 spiro atoms. The van der Waals surface area contributed by atoms with Gasteiger partial charge in [-0.25, -0.2) is 0 Å². The van der Waals surface area contributed by atoms with Crippen LogP contribution in [0.15, 0.2) is 121 Å². The standard InChI is InChI=1S/C33H20N4Se/c1-3-11-21(12-4-1)31-34-32(22-13-5-2-6-14-22)36-33(35-31)37-26-17-9-7-16-25(26)29-27(37)20-19-24-23-15-8-10-18-28(23)38-30(24)29/h1-20H. The number of rotatable bonds is 3. The Morgan fingerprint density at radius 1 is 0.474 bits per heavy atom. The molecule has 0 saturated carbocycles. The second kappa shape index (κ2) is 8.49. The summed E-state index contributed by atoms with van der Waals surface area (Å²) in [6.45, 7) is 0. The molecule has 0 aliphatic carbocycles. The average molecular weight is 552 g/mol. The van der Waals surface area contributed by atoms with Crippen molar-refractivity contribution in [2.75, 3.05) is 0 Å². The molecule has 5 aromatic carbocycles. The molecule has 38 heavy (non-hydrogen) atoms. The van der Waals surface area contributed by atoms with Crippen molar-refractivity contribution in [1.29, 1.82) is 0 Å². The maximum absolute atomic E-state index is 5.05. The predicted molar refractivity (Wildman–Crippen MR) is 157 cm³/mol. The van der Waals surface area contributed by atoms with Gasteiger partial charge in [-0.15, -0.1) is 0 Å². The van der Waals surface area contributed by atoms with Gasteiger partial charge in [0.1, 0.15) is 0 Å². The van der Waals surface area contributed by atoms with E-state index in [0.717, 1.165) is 22.2 Å². The predicted octanol–water partition coefficient (Wildman–Crippen LogP) is 7.67. The summed E-state index contributed by atoms with van der Waals surface area (Å²) < 4.78 is 5.09. The summed E-state index contributed by atoms with van der Waals surface area (Å²) in [5.41, 5.74) is 4.17. The van der Waals surface area contributed by atoms with Crippen LogP contribution in [-0.2, 0) is 0 Å².